The highest BCUT2D eigenvalue weighted by Crippen LogP contribution is 2.36. The highest BCUT2D eigenvalue weighted by atomic mass is 16.7. The van der Waals surface area contributed by atoms with E-state index in [0.717, 1.165) is 5.56 Å². The van der Waals surface area contributed by atoms with Crippen molar-refractivity contribution in [1.82, 2.24) is 31.9 Å². The number of hydrogen-bond donors (Lipinski definition) is 10. The molecule has 2 heterocycles. The van der Waals surface area contributed by atoms with Crippen molar-refractivity contribution in [3.8, 4) is 0 Å². The van der Waals surface area contributed by atoms with Gasteiger partial charge in [0.1, 0.15) is 81.9 Å². The lowest BCUT2D eigenvalue weighted by Crippen LogP contribution is -2.75. The quantitative estimate of drug-likeness (QED) is 0.0216. The molecule has 7 aromatic rings. The standard InChI is InChI=1S/C75H84N6O21/c82-40-58-62(84)59(80-74(90)97-46-53-32-18-6-19-33-53)67(93-42-49-24-10-2-11-25-49)70(100-58)102-65-60(79-68(86)57(83)39-77-72(88)95-44-51-28-14-4-15-29-51)64(92-41-48-22-8-1-9-23-48)61(81-75(91)98-47-54-34-20-7-21-35-54)66(63(65)85)101-69-56(78-73(89)96-45-52-30-16-5-17-31-52)37-36-55(99-69)38-76-71(87)94-43-50-26-12-3-13-27-50/h1-35,55-67,69-70,82-85H,36-47H2,(H,76,87)(H,77,88)(H,78,89)(H,79,86)(H,80,90)(H,81,91)/t55?,56?,57-,58?,59-,60+,61-,62-,63?,64?,65+,66?,67?,69-,70-/m0/s1. The summed E-state index contributed by atoms with van der Waals surface area (Å²) in [5.41, 5.74) is 4.41. The van der Waals surface area contributed by atoms with Gasteiger partial charge >= 0.3 is 30.5 Å². The van der Waals surface area contributed by atoms with E-state index in [2.05, 4.69) is 31.9 Å². The molecule has 0 spiro atoms. The Morgan fingerprint density at radius 1 is 0.392 bits per heavy atom. The molecule has 1 aliphatic carbocycles. The first-order valence-electron chi connectivity index (χ1n) is 33.4. The molecule has 27 nitrogen and oxygen atoms in total. The minimum atomic E-state index is -2.17. The molecule has 15 atom stereocenters. The predicted octanol–water partition coefficient (Wildman–Crippen LogP) is 6.47. The van der Waals surface area contributed by atoms with Crippen LogP contribution in [-0.2, 0) is 103 Å². The van der Waals surface area contributed by atoms with Crippen molar-refractivity contribution >= 4 is 36.4 Å². The molecular weight excluding hydrogens is 1320 g/mol. The lowest BCUT2D eigenvalue weighted by molar-refractivity contribution is -0.329. The number of carbonyl (C=O) groups is 6. The van der Waals surface area contributed by atoms with Gasteiger partial charge in [-0.2, -0.15) is 0 Å². The average Bonchev–Trinajstić information content (AvgIpc) is 0.750. The largest absolute Gasteiger partial charge is 0.445 e. The van der Waals surface area contributed by atoms with E-state index in [1.165, 1.54) is 0 Å². The molecule has 27 heteroatoms. The summed E-state index contributed by atoms with van der Waals surface area (Å²) in [4.78, 5) is 83.9. The maximum atomic E-state index is 14.9. The number of hydrogen-bond acceptors (Lipinski definition) is 21. The Labute approximate surface area is 588 Å². The molecule has 2 saturated heterocycles. The van der Waals surface area contributed by atoms with Crippen molar-refractivity contribution in [3.63, 3.8) is 0 Å². The summed E-state index contributed by atoms with van der Waals surface area (Å²) in [5.74, 6) is -1.19. The van der Waals surface area contributed by atoms with Crippen molar-refractivity contribution in [2.24, 2.45) is 0 Å². The number of amides is 6. The van der Waals surface area contributed by atoms with Crippen LogP contribution in [0.2, 0.25) is 0 Å². The third-order valence-corrected chi connectivity index (χ3v) is 17.0. The molecule has 102 heavy (non-hydrogen) atoms. The van der Waals surface area contributed by atoms with Gasteiger partial charge in [-0.3, -0.25) is 4.79 Å². The third-order valence-electron chi connectivity index (χ3n) is 17.0. The Hall–Kier alpha value is -10.0. The van der Waals surface area contributed by atoms with Crippen LogP contribution in [0.4, 0.5) is 24.0 Å². The Morgan fingerprint density at radius 3 is 1.19 bits per heavy atom. The summed E-state index contributed by atoms with van der Waals surface area (Å²) in [6.45, 7) is -3.14. The van der Waals surface area contributed by atoms with E-state index in [0.29, 0.717) is 33.4 Å². The van der Waals surface area contributed by atoms with Crippen LogP contribution in [0.5, 0.6) is 0 Å². The molecule has 0 bridgehead atoms. The van der Waals surface area contributed by atoms with Crippen LogP contribution < -0.4 is 31.9 Å². The molecule has 3 aliphatic rings. The van der Waals surface area contributed by atoms with Gasteiger partial charge in [0.05, 0.1) is 56.6 Å². The van der Waals surface area contributed by atoms with Gasteiger partial charge < -0.3 is 104 Å². The van der Waals surface area contributed by atoms with Crippen molar-refractivity contribution in [3.05, 3.63) is 251 Å². The monoisotopic (exact) mass is 1400 g/mol. The Bertz CT molecular complexity index is 3700. The van der Waals surface area contributed by atoms with E-state index in [9.17, 15) is 49.2 Å². The summed E-state index contributed by atoms with van der Waals surface area (Å²) in [6.07, 6.45) is -23.7. The number of aliphatic hydroxyl groups excluding tert-OH is 4. The summed E-state index contributed by atoms with van der Waals surface area (Å²) in [5, 5.41) is 64.7. The summed E-state index contributed by atoms with van der Waals surface area (Å²) < 4.78 is 68.6. The Kier molecular flexibility index (Phi) is 28.3. The van der Waals surface area contributed by atoms with E-state index < -0.39 is 141 Å². The van der Waals surface area contributed by atoms with Crippen LogP contribution in [0, 0.1) is 0 Å². The maximum absolute atomic E-state index is 14.9. The molecule has 1 saturated carbocycles. The zero-order valence-corrected chi connectivity index (χ0v) is 55.6. The fourth-order valence-electron chi connectivity index (χ4n) is 11.7. The first kappa shape index (κ1) is 74.6. The smallest absolute Gasteiger partial charge is 0.407 e. The maximum Gasteiger partial charge on any atom is 0.407 e. The van der Waals surface area contributed by atoms with Crippen LogP contribution in [0.15, 0.2) is 212 Å². The second kappa shape index (κ2) is 38.7. The van der Waals surface area contributed by atoms with Gasteiger partial charge in [-0.05, 0) is 51.8 Å². The van der Waals surface area contributed by atoms with Crippen molar-refractivity contribution in [2.75, 3.05) is 19.7 Å². The Morgan fingerprint density at radius 2 is 0.755 bits per heavy atom. The number of alkyl carbamates (subject to hydrolysis) is 5. The van der Waals surface area contributed by atoms with Gasteiger partial charge in [-0.1, -0.05) is 212 Å². The number of aliphatic hydroxyl groups is 4. The third kappa shape index (κ3) is 22.5. The normalized spacial score (nSPS) is 24.1. The zero-order chi connectivity index (χ0) is 71.4. The number of nitrogens with one attached hydrogen (secondary N) is 6. The van der Waals surface area contributed by atoms with Gasteiger partial charge in [0.2, 0.25) is 0 Å². The molecule has 2 aliphatic heterocycles. The number of carbonyl (C=O) groups excluding carboxylic acids is 6. The number of rotatable bonds is 30. The zero-order valence-electron chi connectivity index (χ0n) is 55.6. The fourth-order valence-corrected chi connectivity index (χ4v) is 11.7. The molecule has 7 aromatic carbocycles. The molecule has 540 valence electrons. The summed E-state index contributed by atoms with van der Waals surface area (Å²) in [6, 6.07) is 55.4. The molecule has 7 unspecified atom stereocenters. The van der Waals surface area contributed by atoms with E-state index in [4.69, 9.17) is 52.1 Å². The van der Waals surface area contributed by atoms with Gasteiger partial charge in [0.25, 0.3) is 5.91 Å². The van der Waals surface area contributed by atoms with Crippen molar-refractivity contribution in [1.29, 1.82) is 0 Å². The molecule has 3 fully saturated rings. The Balaban J connectivity index is 1.04. The SMILES string of the molecule is O=C(NCC1CCC(NC(=O)OCc2ccccc2)[C@H](OC2C(O)[C@H](O[C@@H]3OC(CO)[C@H](O)[C@H](NC(=O)OCc4ccccc4)C3OCc3ccccc3)[C@H](NC(=O)[C@@H](O)CNC(=O)OCc3ccccc3)C(OCc3ccccc3)[C@@H]2NC(=O)OCc2ccccc2)O1)OCc1ccccc1. The minimum absolute atomic E-state index is 0.0495. The van der Waals surface area contributed by atoms with Crippen LogP contribution in [0.25, 0.3) is 0 Å². The highest BCUT2D eigenvalue weighted by molar-refractivity contribution is 5.82. The highest BCUT2D eigenvalue weighted by Gasteiger charge is 2.58. The lowest BCUT2D eigenvalue weighted by atomic mass is 9.80. The number of ether oxygens (including phenoxy) is 11. The van der Waals surface area contributed by atoms with Gasteiger partial charge in [0.15, 0.2) is 12.6 Å². The fraction of sp³-hybridized carbons (Fsp3) is 0.360. The first-order valence-corrected chi connectivity index (χ1v) is 33.4. The number of benzene rings is 7. The van der Waals surface area contributed by atoms with Crippen LogP contribution in [0.1, 0.15) is 51.8 Å². The summed E-state index contributed by atoms with van der Waals surface area (Å²) in [7, 11) is 0. The first-order chi connectivity index (χ1) is 49.7. The second-order valence-corrected chi connectivity index (χ2v) is 24.3. The molecule has 0 aromatic heterocycles. The van der Waals surface area contributed by atoms with Gasteiger partial charge in [0, 0.05) is 6.54 Å². The average molecular weight is 1410 g/mol. The van der Waals surface area contributed by atoms with E-state index in [1.54, 1.807) is 206 Å². The molecule has 6 amide bonds. The molecular formula is C75H84N6O21. The minimum Gasteiger partial charge on any atom is -0.445 e. The molecule has 0 radical (unpaired) electrons. The van der Waals surface area contributed by atoms with E-state index in [1.807, 2.05) is 6.07 Å². The van der Waals surface area contributed by atoms with Crippen LogP contribution in [0.3, 0.4) is 0 Å². The van der Waals surface area contributed by atoms with Gasteiger partial charge in [-0.15, -0.1) is 0 Å². The van der Waals surface area contributed by atoms with E-state index in [-0.39, 0.29) is 65.6 Å². The van der Waals surface area contributed by atoms with E-state index >= 15 is 0 Å². The predicted molar refractivity (Wildman–Crippen MR) is 363 cm³/mol. The topological polar surface area (TPSA) is 357 Å². The molecule has 10 N–H and O–H groups in total. The lowest BCUT2D eigenvalue weighted by Gasteiger charge is -2.52. The van der Waals surface area contributed by atoms with Gasteiger partial charge in [-0.25, -0.2) is 24.0 Å². The van der Waals surface area contributed by atoms with Crippen LogP contribution in [-0.4, -0.2) is 168 Å². The van der Waals surface area contributed by atoms with Crippen LogP contribution >= 0.6 is 0 Å². The van der Waals surface area contributed by atoms with Crippen molar-refractivity contribution < 1.29 is 101 Å². The molecule has 10 rings (SSSR count). The second-order valence-electron chi connectivity index (χ2n) is 24.3. The summed E-state index contributed by atoms with van der Waals surface area (Å²) >= 11 is 0. The van der Waals surface area contributed by atoms with Crippen molar-refractivity contribution in [2.45, 2.75) is 151 Å².